The molecule has 4 nitrogen and oxygen atoms in total. The molecule has 11 heavy (non-hydrogen) atoms. The van der Waals surface area contributed by atoms with E-state index in [0.29, 0.717) is 0 Å². The van der Waals surface area contributed by atoms with Gasteiger partial charge in [0.25, 0.3) is 0 Å². The maximum absolute atomic E-state index is 10.8. The molecule has 6 heteroatoms. The van der Waals surface area contributed by atoms with Crippen LogP contribution in [-0.4, -0.2) is 24.9 Å². The fourth-order valence-corrected chi connectivity index (χ4v) is 1.53. The van der Waals surface area contributed by atoms with Crippen molar-refractivity contribution in [2.75, 3.05) is 11.5 Å². The van der Waals surface area contributed by atoms with E-state index in [1.807, 2.05) is 0 Å². The second-order valence-corrected chi connectivity index (χ2v) is 4.67. The van der Waals surface area contributed by atoms with E-state index in [4.69, 9.17) is 11.0 Å². The zero-order valence-electron chi connectivity index (χ0n) is 5.78. The number of thiocarbonyl (C=S) groups is 1. The van der Waals surface area contributed by atoms with Crippen LogP contribution in [0.2, 0.25) is 0 Å². The first-order valence-corrected chi connectivity index (χ1v) is 5.06. The summed E-state index contributed by atoms with van der Waals surface area (Å²) in [6, 6.07) is 1.56. The van der Waals surface area contributed by atoms with Crippen LogP contribution < -0.4 is 5.73 Å². The third-order valence-electron chi connectivity index (χ3n) is 0.944. The minimum Gasteiger partial charge on any atom is -0.393 e. The smallest absolute Gasteiger partial charge is 0.164 e. The van der Waals surface area contributed by atoms with Crippen molar-refractivity contribution in [1.29, 1.82) is 5.26 Å². The van der Waals surface area contributed by atoms with Crippen molar-refractivity contribution in [3.8, 4) is 6.07 Å². The van der Waals surface area contributed by atoms with Gasteiger partial charge >= 0.3 is 0 Å². The number of nitrogens with zero attached hydrogens (tertiary/aromatic N) is 1. The van der Waals surface area contributed by atoms with Crippen LogP contribution in [0.1, 0.15) is 6.42 Å². The molecular formula is C5H8N2O2S2. The molecular weight excluding hydrogens is 184 g/mol. The minimum absolute atomic E-state index is 0.129. The summed E-state index contributed by atoms with van der Waals surface area (Å²) in [5.41, 5.74) is 5.08. The SMILES string of the molecule is N#CCS(=O)(=O)CCC(N)=S. The molecule has 0 saturated carbocycles. The van der Waals surface area contributed by atoms with Crippen molar-refractivity contribution in [3.63, 3.8) is 0 Å². The van der Waals surface area contributed by atoms with Crippen molar-refractivity contribution < 1.29 is 8.42 Å². The minimum atomic E-state index is -3.26. The number of nitriles is 1. The lowest BCUT2D eigenvalue weighted by Crippen LogP contribution is -2.17. The number of rotatable bonds is 4. The van der Waals surface area contributed by atoms with Crippen molar-refractivity contribution in [2.45, 2.75) is 6.42 Å². The predicted molar refractivity (Wildman–Crippen MR) is 45.7 cm³/mol. The van der Waals surface area contributed by atoms with E-state index in [1.54, 1.807) is 6.07 Å². The highest BCUT2D eigenvalue weighted by atomic mass is 32.2. The van der Waals surface area contributed by atoms with Crippen LogP contribution in [0.15, 0.2) is 0 Å². The molecule has 62 valence electrons. The Labute approximate surface area is 70.9 Å². The van der Waals surface area contributed by atoms with Gasteiger partial charge < -0.3 is 5.73 Å². The van der Waals surface area contributed by atoms with E-state index >= 15 is 0 Å². The van der Waals surface area contributed by atoms with Crippen molar-refractivity contribution >= 4 is 27.0 Å². The van der Waals surface area contributed by atoms with Gasteiger partial charge in [0.05, 0.1) is 16.8 Å². The number of hydrogen-bond acceptors (Lipinski definition) is 4. The topological polar surface area (TPSA) is 84.0 Å². The molecule has 0 spiro atoms. The van der Waals surface area contributed by atoms with Crippen LogP contribution in [-0.2, 0) is 9.84 Å². The van der Waals surface area contributed by atoms with Crippen LogP contribution in [0.5, 0.6) is 0 Å². The first-order chi connectivity index (χ1) is 4.98. The molecule has 0 aliphatic carbocycles. The Bertz CT molecular complexity index is 275. The second kappa shape index (κ2) is 4.26. The summed E-state index contributed by atoms with van der Waals surface area (Å²) in [5, 5.41) is 8.07. The van der Waals surface area contributed by atoms with Crippen molar-refractivity contribution in [1.82, 2.24) is 0 Å². The Kier molecular flexibility index (Phi) is 4.00. The summed E-state index contributed by atoms with van der Waals surface area (Å²) in [6.45, 7) is 0. The third kappa shape index (κ3) is 5.76. The van der Waals surface area contributed by atoms with E-state index < -0.39 is 15.6 Å². The molecule has 0 aliphatic rings. The summed E-state index contributed by atoms with van der Waals surface area (Å²) in [5.74, 6) is -0.592. The van der Waals surface area contributed by atoms with Gasteiger partial charge in [-0.1, -0.05) is 12.2 Å². The quantitative estimate of drug-likeness (QED) is 0.613. The van der Waals surface area contributed by atoms with E-state index in [-0.39, 0.29) is 17.2 Å². The zero-order chi connectivity index (χ0) is 8.91. The lowest BCUT2D eigenvalue weighted by Gasteiger charge is -1.96. The molecule has 2 N–H and O–H groups in total. The molecule has 0 atom stereocenters. The number of nitrogens with two attached hydrogens (primary N) is 1. The van der Waals surface area contributed by atoms with E-state index in [0.717, 1.165) is 0 Å². The Morgan fingerprint density at radius 1 is 1.64 bits per heavy atom. The molecule has 0 aromatic carbocycles. The molecule has 0 aromatic heterocycles. The van der Waals surface area contributed by atoms with E-state index in [1.165, 1.54) is 0 Å². The maximum atomic E-state index is 10.8. The monoisotopic (exact) mass is 192 g/mol. The van der Waals surface area contributed by atoms with Gasteiger partial charge in [0, 0.05) is 6.42 Å². The van der Waals surface area contributed by atoms with Crippen molar-refractivity contribution in [2.24, 2.45) is 5.73 Å². The average Bonchev–Trinajstić information content (AvgIpc) is 1.84. The Balaban J connectivity index is 3.96. The Hall–Kier alpha value is -0.670. The highest BCUT2D eigenvalue weighted by Gasteiger charge is 2.09. The summed E-state index contributed by atoms with van der Waals surface area (Å²) in [7, 11) is -3.26. The lowest BCUT2D eigenvalue weighted by atomic mass is 10.5. The first-order valence-electron chi connectivity index (χ1n) is 2.83. The maximum Gasteiger partial charge on any atom is 0.164 e. The van der Waals surface area contributed by atoms with Gasteiger partial charge in [0.2, 0.25) is 0 Å². The fraction of sp³-hybridized carbons (Fsp3) is 0.600. The normalized spacial score (nSPS) is 10.5. The standard InChI is InChI=1S/C5H8N2O2S2/c6-2-4-11(8,9)3-1-5(7)10/h1,3-4H2,(H2,7,10). The molecule has 0 fully saturated rings. The molecule has 0 heterocycles. The van der Waals surface area contributed by atoms with Crippen LogP contribution in [0.4, 0.5) is 0 Å². The second-order valence-electron chi connectivity index (χ2n) is 1.97. The summed E-state index contributed by atoms with van der Waals surface area (Å²) >= 11 is 4.48. The van der Waals surface area contributed by atoms with Gasteiger partial charge in [-0.2, -0.15) is 5.26 Å². The van der Waals surface area contributed by atoms with Crippen LogP contribution in [0.25, 0.3) is 0 Å². The Morgan fingerprint density at radius 3 is 2.55 bits per heavy atom. The summed E-state index contributed by atoms with van der Waals surface area (Å²) in [4.78, 5) is 0.159. The average molecular weight is 192 g/mol. The van der Waals surface area contributed by atoms with Gasteiger partial charge in [-0.25, -0.2) is 8.42 Å². The van der Waals surface area contributed by atoms with Gasteiger partial charge in [-0.15, -0.1) is 0 Å². The van der Waals surface area contributed by atoms with Gasteiger partial charge in [0.1, 0.15) is 5.75 Å². The highest BCUT2D eigenvalue weighted by molar-refractivity contribution is 7.91. The summed E-state index contributed by atoms with van der Waals surface area (Å²) < 4.78 is 21.6. The van der Waals surface area contributed by atoms with E-state index in [9.17, 15) is 8.42 Å². The fourth-order valence-electron chi connectivity index (χ4n) is 0.427. The van der Waals surface area contributed by atoms with E-state index in [2.05, 4.69) is 12.2 Å². The summed E-state index contributed by atoms with van der Waals surface area (Å²) in [6.07, 6.45) is 0.152. The molecule has 0 rings (SSSR count). The molecule has 0 aliphatic heterocycles. The van der Waals surface area contributed by atoms with Crippen LogP contribution in [0.3, 0.4) is 0 Å². The predicted octanol–water partition coefficient (Wildman–Crippen LogP) is -0.399. The third-order valence-corrected chi connectivity index (χ3v) is 2.54. The zero-order valence-corrected chi connectivity index (χ0v) is 7.41. The van der Waals surface area contributed by atoms with Gasteiger partial charge in [0.15, 0.2) is 9.84 Å². The molecule has 0 amide bonds. The van der Waals surface area contributed by atoms with Crippen molar-refractivity contribution in [3.05, 3.63) is 0 Å². The molecule has 0 unspecified atom stereocenters. The number of hydrogen-bond donors (Lipinski definition) is 1. The highest BCUT2D eigenvalue weighted by Crippen LogP contribution is 1.92. The van der Waals surface area contributed by atoms with Gasteiger partial charge in [-0.3, -0.25) is 0 Å². The lowest BCUT2D eigenvalue weighted by molar-refractivity contribution is 0.599. The van der Waals surface area contributed by atoms with Crippen LogP contribution in [0, 0.1) is 11.3 Å². The van der Waals surface area contributed by atoms with Crippen LogP contribution >= 0.6 is 12.2 Å². The molecule has 0 bridgehead atoms. The molecule has 0 radical (unpaired) electrons. The molecule has 0 aromatic rings. The van der Waals surface area contributed by atoms with Gasteiger partial charge in [-0.05, 0) is 0 Å². The first kappa shape index (κ1) is 10.3. The largest absolute Gasteiger partial charge is 0.393 e. The Morgan fingerprint density at radius 2 is 2.18 bits per heavy atom. The number of sulfone groups is 1. The molecule has 0 saturated heterocycles.